The first-order chi connectivity index (χ1) is 11.6. The average molecular weight is 320 g/mol. The van der Waals surface area contributed by atoms with Crippen molar-refractivity contribution in [2.75, 3.05) is 18.0 Å². The second-order valence-corrected chi connectivity index (χ2v) is 6.88. The van der Waals surface area contributed by atoms with Crippen LogP contribution in [0.25, 0.3) is 22.3 Å². The Labute approximate surface area is 142 Å². The van der Waals surface area contributed by atoms with Gasteiger partial charge >= 0.3 is 0 Å². The molecule has 0 saturated carbocycles. The van der Waals surface area contributed by atoms with E-state index in [0.717, 1.165) is 41.5 Å². The summed E-state index contributed by atoms with van der Waals surface area (Å²) in [7, 11) is 0. The molecule has 1 aromatic carbocycles. The van der Waals surface area contributed by atoms with Gasteiger partial charge in [0.25, 0.3) is 0 Å². The number of hydrogen-bond acceptors (Lipinski definition) is 3. The van der Waals surface area contributed by atoms with Crippen LogP contribution in [-0.4, -0.2) is 28.0 Å². The van der Waals surface area contributed by atoms with Crippen LogP contribution in [-0.2, 0) is 0 Å². The molecule has 0 unspecified atom stereocenters. The van der Waals surface area contributed by atoms with Gasteiger partial charge in [0.2, 0.25) is 0 Å². The topological polar surface area (TPSA) is 44.8 Å². The summed E-state index contributed by atoms with van der Waals surface area (Å²) in [4.78, 5) is 15.4. The summed E-state index contributed by atoms with van der Waals surface area (Å²) < 4.78 is 0. The zero-order valence-corrected chi connectivity index (χ0v) is 14.7. The predicted molar refractivity (Wildman–Crippen MR) is 99.6 cm³/mol. The Morgan fingerprint density at radius 1 is 0.917 bits per heavy atom. The minimum atomic E-state index is 0.841. The Hall–Kier alpha value is -2.36. The van der Waals surface area contributed by atoms with Gasteiger partial charge in [-0.2, -0.15) is 0 Å². The second kappa shape index (κ2) is 5.93. The van der Waals surface area contributed by atoms with E-state index in [1.807, 2.05) is 6.92 Å². The molecule has 4 rings (SSSR count). The van der Waals surface area contributed by atoms with Crippen LogP contribution in [0.2, 0.25) is 0 Å². The van der Waals surface area contributed by atoms with Crippen molar-refractivity contribution < 1.29 is 0 Å². The molecule has 0 atom stereocenters. The Balaban J connectivity index is 1.83. The van der Waals surface area contributed by atoms with E-state index in [1.54, 1.807) is 0 Å². The van der Waals surface area contributed by atoms with E-state index < -0.39 is 0 Å². The molecule has 4 heteroatoms. The van der Waals surface area contributed by atoms with Crippen LogP contribution >= 0.6 is 0 Å². The van der Waals surface area contributed by atoms with Gasteiger partial charge in [-0.25, -0.2) is 9.97 Å². The number of piperidine rings is 1. The average Bonchev–Trinajstić information content (AvgIpc) is 3.01. The molecule has 0 aliphatic carbocycles. The minimum Gasteiger partial charge on any atom is -0.355 e. The monoisotopic (exact) mass is 320 g/mol. The fraction of sp³-hybridized carbons (Fsp3) is 0.400. The van der Waals surface area contributed by atoms with E-state index >= 15 is 0 Å². The molecule has 0 amide bonds. The van der Waals surface area contributed by atoms with Crippen molar-refractivity contribution in [2.24, 2.45) is 0 Å². The van der Waals surface area contributed by atoms with E-state index in [-0.39, 0.29) is 0 Å². The third kappa shape index (κ3) is 2.66. The summed E-state index contributed by atoms with van der Waals surface area (Å²) in [5.74, 6) is 1.90. The molecule has 3 heterocycles. The molecular formula is C20H24N4. The molecule has 4 nitrogen and oxygen atoms in total. The largest absolute Gasteiger partial charge is 0.355 e. The summed E-state index contributed by atoms with van der Waals surface area (Å²) >= 11 is 0. The maximum atomic E-state index is 4.75. The van der Waals surface area contributed by atoms with Crippen molar-refractivity contribution in [3.05, 3.63) is 41.2 Å². The number of aryl methyl sites for hydroxylation is 3. The lowest BCUT2D eigenvalue weighted by atomic mass is 10.0. The number of hydrogen-bond donors (Lipinski definition) is 1. The lowest BCUT2D eigenvalue weighted by Crippen LogP contribution is -2.30. The summed E-state index contributed by atoms with van der Waals surface area (Å²) in [6, 6.07) is 8.75. The fourth-order valence-electron chi connectivity index (χ4n) is 3.51. The number of anilines is 1. The van der Waals surface area contributed by atoms with Gasteiger partial charge < -0.3 is 9.88 Å². The Morgan fingerprint density at radius 3 is 2.46 bits per heavy atom. The number of nitrogens with one attached hydrogen (secondary N) is 1. The van der Waals surface area contributed by atoms with Crippen molar-refractivity contribution in [2.45, 2.75) is 40.0 Å². The molecule has 1 fully saturated rings. The van der Waals surface area contributed by atoms with Crippen LogP contribution in [0.5, 0.6) is 0 Å². The molecule has 2 aromatic heterocycles. The summed E-state index contributed by atoms with van der Waals surface area (Å²) in [6.45, 7) is 8.46. The number of fused-ring (bicyclic) bond motifs is 1. The van der Waals surface area contributed by atoms with Gasteiger partial charge in [0.15, 0.2) is 5.82 Å². The van der Waals surface area contributed by atoms with Crippen LogP contribution in [0.1, 0.15) is 36.2 Å². The van der Waals surface area contributed by atoms with E-state index in [9.17, 15) is 0 Å². The van der Waals surface area contributed by atoms with E-state index in [0.29, 0.717) is 0 Å². The fourth-order valence-corrected chi connectivity index (χ4v) is 3.51. The molecule has 1 N–H and O–H groups in total. The Kier molecular flexibility index (Phi) is 3.75. The summed E-state index contributed by atoms with van der Waals surface area (Å²) in [5, 5.41) is 0. The van der Waals surface area contributed by atoms with Gasteiger partial charge in [-0.1, -0.05) is 12.1 Å². The Morgan fingerprint density at radius 2 is 1.71 bits per heavy atom. The first-order valence-electron chi connectivity index (χ1n) is 8.82. The van der Waals surface area contributed by atoms with Gasteiger partial charge in [-0.05, 0) is 68.9 Å². The Bertz CT molecular complexity index is 888. The number of aromatic amines is 1. The molecule has 1 aliphatic heterocycles. The van der Waals surface area contributed by atoms with Crippen LogP contribution in [0, 0.1) is 20.8 Å². The van der Waals surface area contributed by atoms with Crippen molar-refractivity contribution in [1.29, 1.82) is 0 Å². The number of rotatable bonds is 2. The van der Waals surface area contributed by atoms with Gasteiger partial charge in [0, 0.05) is 18.8 Å². The molecular weight excluding hydrogens is 296 g/mol. The van der Waals surface area contributed by atoms with Crippen molar-refractivity contribution in [3.63, 3.8) is 0 Å². The van der Waals surface area contributed by atoms with Crippen molar-refractivity contribution in [3.8, 4) is 11.3 Å². The molecule has 0 radical (unpaired) electrons. The van der Waals surface area contributed by atoms with Gasteiger partial charge in [0.05, 0.1) is 5.52 Å². The standard InChI is InChI=1S/C20H24N4/c1-13-7-8-16(11-14(13)2)17-12-18-19(23-17)20(22-15(3)21-18)24-9-5-4-6-10-24/h7-8,11-12,23H,4-6,9-10H2,1-3H3. The maximum absolute atomic E-state index is 4.75. The molecule has 1 aliphatic rings. The second-order valence-electron chi connectivity index (χ2n) is 6.88. The molecule has 124 valence electrons. The number of H-pyrrole nitrogens is 1. The summed E-state index contributed by atoms with van der Waals surface area (Å²) in [5.41, 5.74) is 7.03. The maximum Gasteiger partial charge on any atom is 0.156 e. The van der Waals surface area contributed by atoms with Crippen LogP contribution < -0.4 is 4.90 Å². The first-order valence-corrected chi connectivity index (χ1v) is 8.82. The zero-order chi connectivity index (χ0) is 16.7. The lowest BCUT2D eigenvalue weighted by Gasteiger charge is -2.28. The van der Waals surface area contributed by atoms with Crippen LogP contribution in [0.4, 0.5) is 5.82 Å². The zero-order valence-electron chi connectivity index (χ0n) is 14.7. The normalized spacial score (nSPS) is 15.2. The lowest BCUT2D eigenvalue weighted by molar-refractivity contribution is 0.574. The van der Waals surface area contributed by atoms with E-state index in [1.165, 1.54) is 36.0 Å². The van der Waals surface area contributed by atoms with Gasteiger partial charge in [0.1, 0.15) is 11.3 Å². The quantitative estimate of drug-likeness (QED) is 0.754. The third-order valence-corrected chi connectivity index (χ3v) is 5.04. The number of aromatic nitrogens is 3. The highest BCUT2D eigenvalue weighted by Crippen LogP contribution is 2.30. The van der Waals surface area contributed by atoms with E-state index in [2.05, 4.69) is 53.0 Å². The third-order valence-electron chi connectivity index (χ3n) is 5.04. The highest BCUT2D eigenvalue weighted by atomic mass is 15.2. The van der Waals surface area contributed by atoms with Gasteiger partial charge in [-0.15, -0.1) is 0 Å². The van der Waals surface area contributed by atoms with Crippen LogP contribution in [0.3, 0.4) is 0 Å². The highest BCUT2D eigenvalue weighted by molar-refractivity contribution is 5.91. The summed E-state index contributed by atoms with van der Waals surface area (Å²) in [6.07, 6.45) is 3.81. The molecule has 1 saturated heterocycles. The molecule has 24 heavy (non-hydrogen) atoms. The van der Waals surface area contributed by atoms with Gasteiger partial charge in [-0.3, -0.25) is 0 Å². The predicted octanol–water partition coefficient (Wildman–Crippen LogP) is 4.54. The first kappa shape index (κ1) is 15.2. The number of benzene rings is 1. The SMILES string of the molecule is Cc1nc(N2CCCCC2)c2[nH]c(-c3ccc(C)c(C)c3)cc2n1. The molecule has 3 aromatic rings. The smallest absolute Gasteiger partial charge is 0.156 e. The highest BCUT2D eigenvalue weighted by Gasteiger charge is 2.18. The van der Waals surface area contributed by atoms with Crippen LogP contribution in [0.15, 0.2) is 24.3 Å². The molecule has 0 spiro atoms. The minimum absolute atomic E-state index is 0.841. The number of nitrogens with zero attached hydrogens (tertiary/aromatic N) is 3. The van der Waals surface area contributed by atoms with Crippen molar-refractivity contribution >= 4 is 16.9 Å². The van der Waals surface area contributed by atoms with E-state index in [4.69, 9.17) is 4.98 Å². The van der Waals surface area contributed by atoms with Crippen molar-refractivity contribution in [1.82, 2.24) is 15.0 Å². The molecule has 0 bridgehead atoms.